The zero-order chi connectivity index (χ0) is 13.1. The van der Waals surface area contributed by atoms with Gasteiger partial charge in [0.25, 0.3) is 0 Å². The van der Waals surface area contributed by atoms with Crippen LogP contribution in [-0.4, -0.2) is 18.5 Å². The van der Waals surface area contributed by atoms with Crippen LogP contribution in [0.25, 0.3) is 11.0 Å². The van der Waals surface area contributed by atoms with Crippen molar-refractivity contribution < 1.29 is 18.7 Å². The Balaban J connectivity index is 2.33. The third kappa shape index (κ3) is 2.51. The third-order valence-electron chi connectivity index (χ3n) is 2.31. The van der Waals surface area contributed by atoms with E-state index < -0.39 is 5.97 Å². The number of amides is 1. The lowest BCUT2D eigenvalue weighted by Gasteiger charge is -2.00. The van der Waals surface area contributed by atoms with Crippen molar-refractivity contribution in [3.8, 4) is 0 Å². The van der Waals surface area contributed by atoms with E-state index in [0.29, 0.717) is 17.9 Å². The first-order chi connectivity index (χ1) is 8.60. The Bertz CT molecular complexity index is 600. The highest BCUT2D eigenvalue weighted by Gasteiger charge is 2.13. The van der Waals surface area contributed by atoms with Gasteiger partial charge < -0.3 is 14.5 Å². The second-order valence-corrected chi connectivity index (χ2v) is 3.76. The summed E-state index contributed by atoms with van der Waals surface area (Å²) < 4.78 is 10.2. The van der Waals surface area contributed by atoms with E-state index in [4.69, 9.17) is 9.15 Å². The minimum absolute atomic E-state index is 0.150. The number of furan rings is 1. The predicted octanol–water partition coefficient (Wildman–Crippen LogP) is 2.57. The van der Waals surface area contributed by atoms with Crippen LogP contribution in [0.1, 0.15) is 24.4 Å². The van der Waals surface area contributed by atoms with Crippen molar-refractivity contribution in [2.45, 2.75) is 13.8 Å². The van der Waals surface area contributed by atoms with Gasteiger partial charge in [0, 0.05) is 18.0 Å². The molecule has 2 aromatic rings. The first-order valence-electron chi connectivity index (χ1n) is 5.58. The fourth-order valence-electron chi connectivity index (χ4n) is 1.63. The van der Waals surface area contributed by atoms with Gasteiger partial charge in [0.1, 0.15) is 5.58 Å². The Hall–Kier alpha value is -2.30. The highest BCUT2D eigenvalue weighted by molar-refractivity contribution is 5.95. The van der Waals surface area contributed by atoms with Gasteiger partial charge in [-0.3, -0.25) is 4.79 Å². The molecule has 5 heteroatoms. The second kappa shape index (κ2) is 4.91. The molecule has 0 fully saturated rings. The lowest BCUT2D eigenvalue weighted by atomic mass is 10.2. The highest BCUT2D eigenvalue weighted by Crippen LogP contribution is 2.23. The summed E-state index contributed by atoms with van der Waals surface area (Å²) in [5.41, 5.74) is 1.23. The van der Waals surface area contributed by atoms with E-state index in [-0.39, 0.29) is 11.7 Å². The zero-order valence-corrected chi connectivity index (χ0v) is 10.1. The van der Waals surface area contributed by atoms with Crippen LogP contribution in [-0.2, 0) is 9.53 Å². The average molecular weight is 247 g/mol. The number of ether oxygens (including phenoxy) is 1. The van der Waals surface area contributed by atoms with E-state index >= 15 is 0 Å². The molecule has 0 bridgehead atoms. The Morgan fingerprint density at radius 2 is 2.11 bits per heavy atom. The maximum Gasteiger partial charge on any atom is 0.374 e. The van der Waals surface area contributed by atoms with Crippen LogP contribution in [0, 0.1) is 0 Å². The molecule has 0 unspecified atom stereocenters. The molecule has 0 saturated carbocycles. The minimum Gasteiger partial charge on any atom is -0.460 e. The number of carbonyl (C=O) groups is 2. The monoisotopic (exact) mass is 247 g/mol. The summed E-state index contributed by atoms with van der Waals surface area (Å²) in [4.78, 5) is 22.4. The van der Waals surface area contributed by atoms with Crippen LogP contribution in [0.5, 0.6) is 0 Å². The third-order valence-corrected chi connectivity index (χ3v) is 2.31. The van der Waals surface area contributed by atoms with Gasteiger partial charge in [-0.1, -0.05) is 0 Å². The van der Waals surface area contributed by atoms with Crippen LogP contribution >= 0.6 is 0 Å². The molecule has 0 aliphatic heterocycles. The van der Waals surface area contributed by atoms with Crippen LogP contribution in [0.2, 0.25) is 0 Å². The molecule has 0 aliphatic carbocycles. The number of hydrogen-bond acceptors (Lipinski definition) is 4. The average Bonchev–Trinajstić information content (AvgIpc) is 2.71. The normalized spacial score (nSPS) is 10.3. The summed E-state index contributed by atoms with van der Waals surface area (Å²) in [7, 11) is 0. The second-order valence-electron chi connectivity index (χ2n) is 3.76. The van der Waals surface area contributed by atoms with E-state index in [2.05, 4.69) is 5.32 Å². The predicted molar refractivity (Wildman–Crippen MR) is 66.5 cm³/mol. The zero-order valence-electron chi connectivity index (χ0n) is 10.1. The first-order valence-corrected chi connectivity index (χ1v) is 5.58. The summed E-state index contributed by atoms with van der Waals surface area (Å²) in [5, 5.41) is 3.40. The summed E-state index contributed by atoms with van der Waals surface area (Å²) in [5.74, 6) is -0.481. The van der Waals surface area contributed by atoms with Gasteiger partial charge in [-0.15, -0.1) is 0 Å². The van der Waals surface area contributed by atoms with Gasteiger partial charge in [-0.25, -0.2) is 4.79 Å². The standard InChI is InChI=1S/C13H13NO4/c1-3-17-13(16)12-7-9-6-10(14-8(2)15)4-5-11(9)18-12/h4-7H,3H2,1-2H3,(H,14,15). The highest BCUT2D eigenvalue weighted by atomic mass is 16.5. The topological polar surface area (TPSA) is 68.5 Å². The van der Waals surface area contributed by atoms with Gasteiger partial charge in [0.05, 0.1) is 6.61 Å². The van der Waals surface area contributed by atoms with Gasteiger partial charge in [-0.05, 0) is 31.2 Å². The maximum atomic E-state index is 11.5. The Kier molecular flexibility index (Phi) is 3.32. The molecule has 1 N–H and O–H groups in total. The van der Waals surface area contributed by atoms with E-state index in [9.17, 15) is 9.59 Å². The van der Waals surface area contributed by atoms with E-state index in [1.165, 1.54) is 6.92 Å². The van der Waals surface area contributed by atoms with Gasteiger partial charge >= 0.3 is 5.97 Å². The summed E-state index contributed by atoms with van der Waals surface area (Å²) >= 11 is 0. The van der Waals surface area contributed by atoms with Crippen LogP contribution in [0.3, 0.4) is 0 Å². The summed E-state index contributed by atoms with van der Waals surface area (Å²) in [6.07, 6.45) is 0. The smallest absolute Gasteiger partial charge is 0.374 e. The number of anilines is 1. The van der Waals surface area contributed by atoms with Crippen molar-refractivity contribution in [1.82, 2.24) is 0 Å². The van der Waals surface area contributed by atoms with Crippen molar-refractivity contribution in [2.24, 2.45) is 0 Å². The van der Waals surface area contributed by atoms with Gasteiger partial charge in [0.15, 0.2) is 0 Å². The molecule has 0 spiro atoms. The molecular formula is C13H13NO4. The molecule has 1 aromatic heterocycles. The van der Waals surface area contributed by atoms with Crippen LogP contribution in [0.15, 0.2) is 28.7 Å². The SMILES string of the molecule is CCOC(=O)c1cc2cc(NC(C)=O)ccc2o1. The Labute approximate surface area is 104 Å². The first kappa shape index (κ1) is 12.2. The number of carbonyl (C=O) groups excluding carboxylic acids is 2. The van der Waals surface area contributed by atoms with Crippen molar-refractivity contribution in [2.75, 3.05) is 11.9 Å². The molecule has 5 nitrogen and oxygen atoms in total. The Morgan fingerprint density at radius 3 is 2.78 bits per heavy atom. The number of hydrogen-bond donors (Lipinski definition) is 1. The molecule has 94 valence electrons. The van der Waals surface area contributed by atoms with Crippen LogP contribution in [0.4, 0.5) is 5.69 Å². The molecule has 0 radical (unpaired) electrons. The molecule has 0 atom stereocenters. The minimum atomic E-state index is -0.491. The fourth-order valence-corrected chi connectivity index (χ4v) is 1.63. The summed E-state index contributed by atoms with van der Waals surface area (Å²) in [6, 6.07) is 6.74. The summed E-state index contributed by atoms with van der Waals surface area (Å²) in [6.45, 7) is 3.46. The molecule has 2 rings (SSSR count). The quantitative estimate of drug-likeness (QED) is 0.846. The molecule has 0 saturated heterocycles. The van der Waals surface area contributed by atoms with Crippen LogP contribution < -0.4 is 5.32 Å². The van der Waals surface area contributed by atoms with Gasteiger partial charge in [0.2, 0.25) is 11.7 Å². The molecule has 1 amide bonds. The van der Waals surface area contributed by atoms with Gasteiger partial charge in [-0.2, -0.15) is 0 Å². The Morgan fingerprint density at radius 1 is 1.33 bits per heavy atom. The largest absolute Gasteiger partial charge is 0.460 e. The molecule has 18 heavy (non-hydrogen) atoms. The van der Waals surface area contributed by atoms with Crippen molar-refractivity contribution >= 4 is 28.5 Å². The fraction of sp³-hybridized carbons (Fsp3) is 0.231. The van der Waals surface area contributed by atoms with E-state index in [1.54, 1.807) is 31.2 Å². The number of esters is 1. The maximum absolute atomic E-state index is 11.5. The molecule has 1 aromatic carbocycles. The molecule has 1 heterocycles. The van der Waals surface area contributed by atoms with E-state index in [1.807, 2.05) is 0 Å². The van der Waals surface area contributed by atoms with Crippen molar-refractivity contribution in [1.29, 1.82) is 0 Å². The van der Waals surface area contributed by atoms with E-state index in [0.717, 1.165) is 5.39 Å². The molecule has 0 aliphatic rings. The number of fused-ring (bicyclic) bond motifs is 1. The van der Waals surface area contributed by atoms with Crippen molar-refractivity contribution in [3.63, 3.8) is 0 Å². The number of benzene rings is 1. The lowest BCUT2D eigenvalue weighted by Crippen LogP contribution is -2.05. The molecular weight excluding hydrogens is 234 g/mol. The number of nitrogens with one attached hydrogen (secondary N) is 1. The lowest BCUT2D eigenvalue weighted by molar-refractivity contribution is -0.114. The van der Waals surface area contributed by atoms with Crippen molar-refractivity contribution in [3.05, 3.63) is 30.0 Å². The number of rotatable bonds is 3.